The Labute approximate surface area is 146 Å². The molecule has 0 spiro atoms. The van der Waals surface area contributed by atoms with Crippen LogP contribution in [0.1, 0.15) is 10.4 Å². The number of nitrogens with one attached hydrogen (secondary N) is 1. The minimum atomic E-state index is -1.33. The van der Waals surface area contributed by atoms with E-state index in [0.717, 1.165) is 0 Å². The summed E-state index contributed by atoms with van der Waals surface area (Å²) in [6.07, 6.45) is 0. The molecule has 0 radical (unpaired) electrons. The number of aromatic nitrogens is 2. The SMILES string of the molecule is O=C(O)c1c(-c2ccc(Cl)cc2)c(-c2ccc(Cl)cc2)n[nH]c1=O. The molecule has 0 atom stereocenters. The van der Waals surface area contributed by atoms with Crippen LogP contribution in [0, 0.1) is 0 Å². The first-order valence-corrected chi connectivity index (χ1v) is 7.61. The zero-order valence-corrected chi connectivity index (χ0v) is 13.6. The third kappa shape index (κ3) is 3.04. The first kappa shape index (κ1) is 16.2. The maximum Gasteiger partial charge on any atom is 0.342 e. The van der Waals surface area contributed by atoms with Crippen molar-refractivity contribution < 1.29 is 9.90 Å². The van der Waals surface area contributed by atoms with E-state index in [2.05, 4.69) is 10.2 Å². The molecule has 0 aliphatic rings. The quantitative estimate of drug-likeness (QED) is 0.736. The van der Waals surface area contributed by atoms with Crippen molar-refractivity contribution in [2.24, 2.45) is 0 Å². The second kappa shape index (κ2) is 6.47. The molecule has 2 aromatic carbocycles. The van der Waals surface area contributed by atoms with Crippen molar-refractivity contribution in [3.05, 3.63) is 74.5 Å². The van der Waals surface area contributed by atoms with Gasteiger partial charge in [0.1, 0.15) is 5.56 Å². The molecule has 0 aliphatic heterocycles. The molecule has 0 aliphatic carbocycles. The normalized spacial score (nSPS) is 10.6. The standard InChI is InChI=1S/C17H10Cl2N2O3/c18-11-5-1-9(2-6-11)13-14(17(23)24)16(22)21-20-15(13)10-3-7-12(19)8-4-10/h1-8H,(H,21,22)(H,23,24). The average Bonchev–Trinajstić information content (AvgIpc) is 2.56. The molecule has 0 unspecified atom stereocenters. The highest BCUT2D eigenvalue weighted by Gasteiger charge is 2.22. The number of hydrogen-bond acceptors (Lipinski definition) is 3. The van der Waals surface area contributed by atoms with Crippen LogP contribution in [-0.4, -0.2) is 21.3 Å². The van der Waals surface area contributed by atoms with Gasteiger partial charge in [0.25, 0.3) is 5.56 Å². The van der Waals surface area contributed by atoms with E-state index >= 15 is 0 Å². The second-order valence-electron chi connectivity index (χ2n) is 4.97. The molecule has 3 rings (SSSR count). The molecular formula is C17H10Cl2N2O3. The summed E-state index contributed by atoms with van der Waals surface area (Å²) in [6.45, 7) is 0. The van der Waals surface area contributed by atoms with E-state index in [1.165, 1.54) is 0 Å². The molecule has 0 fully saturated rings. The Morgan fingerprint density at radius 1 is 0.917 bits per heavy atom. The van der Waals surface area contributed by atoms with E-state index in [1.54, 1.807) is 48.5 Å². The number of rotatable bonds is 3. The van der Waals surface area contributed by atoms with Gasteiger partial charge in [-0.2, -0.15) is 5.10 Å². The van der Waals surface area contributed by atoms with Crippen molar-refractivity contribution >= 4 is 29.2 Å². The Bertz CT molecular complexity index is 965. The van der Waals surface area contributed by atoms with Gasteiger partial charge in [-0.25, -0.2) is 9.89 Å². The Balaban J connectivity index is 2.35. The summed E-state index contributed by atoms with van der Waals surface area (Å²) in [5.41, 5.74) is 0.571. The lowest BCUT2D eigenvalue weighted by molar-refractivity contribution is 0.0695. The molecule has 1 aromatic heterocycles. The molecule has 0 saturated heterocycles. The van der Waals surface area contributed by atoms with Crippen LogP contribution in [0.5, 0.6) is 0 Å². The predicted octanol–water partition coefficient (Wildman–Crippen LogP) is 4.11. The van der Waals surface area contributed by atoms with Crippen LogP contribution in [0.4, 0.5) is 0 Å². The van der Waals surface area contributed by atoms with Gasteiger partial charge in [-0.15, -0.1) is 0 Å². The fourth-order valence-electron chi connectivity index (χ4n) is 2.37. The van der Waals surface area contributed by atoms with E-state index in [1.807, 2.05) is 0 Å². The number of aromatic carboxylic acids is 1. The van der Waals surface area contributed by atoms with Crippen LogP contribution in [-0.2, 0) is 0 Å². The van der Waals surface area contributed by atoms with Crippen molar-refractivity contribution in [3.8, 4) is 22.4 Å². The number of carboxylic acids is 1. The van der Waals surface area contributed by atoms with Gasteiger partial charge in [0, 0.05) is 21.2 Å². The number of aromatic amines is 1. The highest BCUT2D eigenvalue weighted by molar-refractivity contribution is 6.31. The first-order chi connectivity index (χ1) is 11.5. The van der Waals surface area contributed by atoms with Crippen LogP contribution >= 0.6 is 23.2 Å². The summed E-state index contributed by atoms with van der Waals surface area (Å²) in [5, 5.41) is 16.8. The number of benzene rings is 2. The van der Waals surface area contributed by atoms with Crippen molar-refractivity contribution in [2.75, 3.05) is 0 Å². The van der Waals surface area contributed by atoms with Gasteiger partial charge in [-0.1, -0.05) is 47.5 Å². The second-order valence-corrected chi connectivity index (χ2v) is 5.84. The van der Waals surface area contributed by atoms with Gasteiger partial charge in [0.05, 0.1) is 5.69 Å². The monoisotopic (exact) mass is 360 g/mol. The van der Waals surface area contributed by atoms with Gasteiger partial charge in [-0.3, -0.25) is 4.79 Å². The average molecular weight is 361 g/mol. The van der Waals surface area contributed by atoms with Crippen LogP contribution in [0.2, 0.25) is 10.0 Å². The fraction of sp³-hybridized carbons (Fsp3) is 0. The Kier molecular flexibility index (Phi) is 4.38. The summed E-state index contributed by atoms with van der Waals surface area (Å²) < 4.78 is 0. The minimum Gasteiger partial charge on any atom is -0.477 e. The van der Waals surface area contributed by atoms with E-state index in [9.17, 15) is 14.7 Å². The molecule has 0 saturated carbocycles. The zero-order chi connectivity index (χ0) is 17.3. The van der Waals surface area contributed by atoms with E-state index in [4.69, 9.17) is 23.2 Å². The van der Waals surface area contributed by atoms with Gasteiger partial charge in [0.15, 0.2) is 0 Å². The third-order valence-corrected chi connectivity index (χ3v) is 3.95. The summed E-state index contributed by atoms with van der Waals surface area (Å²) in [6, 6.07) is 13.3. The van der Waals surface area contributed by atoms with Crippen LogP contribution in [0.15, 0.2) is 53.3 Å². The number of hydrogen-bond donors (Lipinski definition) is 2. The van der Waals surface area contributed by atoms with Gasteiger partial charge >= 0.3 is 5.97 Å². The van der Waals surface area contributed by atoms with Gasteiger partial charge in [0.2, 0.25) is 0 Å². The van der Waals surface area contributed by atoms with E-state index in [-0.39, 0.29) is 11.1 Å². The highest BCUT2D eigenvalue weighted by Crippen LogP contribution is 2.32. The molecule has 7 heteroatoms. The number of halogens is 2. The first-order valence-electron chi connectivity index (χ1n) is 6.85. The van der Waals surface area contributed by atoms with Crippen LogP contribution in [0.25, 0.3) is 22.4 Å². The van der Waals surface area contributed by atoms with Crippen LogP contribution in [0.3, 0.4) is 0 Å². The van der Waals surface area contributed by atoms with Crippen LogP contribution < -0.4 is 5.56 Å². The minimum absolute atomic E-state index is 0.227. The molecule has 24 heavy (non-hydrogen) atoms. The lowest BCUT2D eigenvalue weighted by atomic mass is 9.96. The maximum atomic E-state index is 12.0. The molecule has 0 amide bonds. The number of H-pyrrole nitrogens is 1. The summed E-state index contributed by atoms with van der Waals surface area (Å²) in [4.78, 5) is 23.6. The van der Waals surface area contributed by atoms with Gasteiger partial charge in [-0.05, 0) is 29.8 Å². The molecule has 0 bridgehead atoms. The summed E-state index contributed by atoms with van der Waals surface area (Å²) >= 11 is 11.8. The van der Waals surface area contributed by atoms with Crippen molar-refractivity contribution in [2.45, 2.75) is 0 Å². The molecule has 120 valence electrons. The third-order valence-electron chi connectivity index (χ3n) is 3.45. The lowest BCUT2D eigenvalue weighted by Crippen LogP contribution is -2.21. The Morgan fingerprint density at radius 2 is 1.42 bits per heavy atom. The van der Waals surface area contributed by atoms with E-state index in [0.29, 0.717) is 26.9 Å². The molecule has 2 N–H and O–H groups in total. The predicted molar refractivity (Wildman–Crippen MR) is 92.7 cm³/mol. The summed E-state index contributed by atoms with van der Waals surface area (Å²) in [5.74, 6) is -1.33. The smallest absolute Gasteiger partial charge is 0.342 e. The van der Waals surface area contributed by atoms with Gasteiger partial charge < -0.3 is 5.11 Å². The zero-order valence-electron chi connectivity index (χ0n) is 12.1. The maximum absolute atomic E-state index is 12.0. The van der Waals surface area contributed by atoms with Crippen molar-refractivity contribution in [1.82, 2.24) is 10.2 Å². The fourth-order valence-corrected chi connectivity index (χ4v) is 2.62. The van der Waals surface area contributed by atoms with Crippen molar-refractivity contribution in [3.63, 3.8) is 0 Å². The Hall–Kier alpha value is -2.63. The lowest BCUT2D eigenvalue weighted by Gasteiger charge is -2.11. The number of carboxylic acid groups (broad SMARTS) is 1. The molecular weight excluding hydrogens is 351 g/mol. The highest BCUT2D eigenvalue weighted by atomic mass is 35.5. The largest absolute Gasteiger partial charge is 0.477 e. The molecule has 3 aromatic rings. The summed E-state index contributed by atoms with van der Waals surface area (Å²) in [7, 11) is 0. The molecule has 5 nitrogen and oxygen atoms in total. The number of nitrogens with zero attached hydrogens (tertiary/aromatic N) is 1. The molecule has 1 heterocycles. The Morgan fingerprint density at radius 3 is 1.92 bits per heavy atom. The van der Waals surface area contributed by atoms with E-state index < -0.39 is 11.5 Å². The van der Waals surface area contributed by atoms with Crippen molar-refractivity contribution in [1.29, 1.82) is 0 Å². The number of carbonyl (C=O) groups is 1. The topological polar surface area (TPSA) is 83.0 Å².